The molecule has 3 amide bonds. The second kappa shape index (κ2) is 10.0. The van der Waals surface area contributed by atoms with E-state index in [1.165, 1.54) is 36.4 Å². The fourth-order valence-corrected chi connectivity index (χ4v) is 5.49. The zero-order chi connectivity index (χ0) is 26.9. The van der Waals surface area contributed by atoms with Gasteiger partial charge >= 0.3 is 6.18 Å². The monoisotopic (exact) mass is 526 g/mol. The first-order chi connectivity index (χ1) is 16.6. The number of hydroxylamine groups is 2. The first-order valence-corrected chi connectivity index (χ1v) is 12.5. The third-order valence-corrected chi connectivity index (χ3v) is 7.72. The van der Waals surface area contributed by atoms with E-state index in [2.05, 4.69) is 0 Å². The molecule has 0 spiro atoms. The summed E-state index contributed by atoms with van der Waals surface area (Å²) < 4.78 is 64.3. The molecule has 2 aromatic rings. The summed E-state index contributed by atoms with van der Waals surface area (Å²) in [6.07, 6.45) is -4.38. The maximum absolute atomic E-state index is 13.0. The summed E-state index contributed by atoms with van der Waals surface area (Å²) in [5, 5.41) is 10.1. The molecule has 3 rings (SSSR count). The van der Waals surface area contributed by atoms with E-state index in [-0.39, 0.29) is 29.2 Å². The minimum absolute atomic E-state index is 0.00324. The molecule has 1 aliphatic rings. The van der Waals surface area contributed by atoms with E-state index in [1.807, 2.05) is 0 Å². The molecule has 1 aliphatic heterocycles. The highest BCUT2D eigenvalue weighted by Crippen LogP contribution is 2.33. The van der Waals surface area contributed by atoms with Crippen LogP contribution >= 0.6 is 0 Å². The van der Waals surface area contributed by atoms with Crippen molar-refractivity contribution in [3.8, 4) is 11.1 Å². The summed E-state index contributed by atoms with van der Waals surface area (Å²) in [5.41, 5.74) is -0.445. The van der Waals surface area contributed by atoms with Crippen molar-refractivity contribution in [1.29, 1.82) is 0 Å². The lowest BCUT2D eigenvalue weighted by atomic mass is 9.81. The maximum Gasteiger partial charge on any atom is 0.416 e. The number of rotatable bonds is 8. The lowest BCUT2D eigenvalue weighted by Gasteiger charge is -2.37. The zero-order valence-corrected chi connectivity index (χ0v) is 20.3. The number of sulfone groups is 1. The normalized spacial score (nSPS) is 17.1. The minimum Gasteiger partial charge on any atom is -0.286 e. The molecule has 0 aliphatic carbocycles. The Labute approximate surface area is 206 Å². The summed E-state index contributed by atoms with van der Waals surface area (Å²) in [6.45, 7) is 3.01. The van der Waals surface area contributed by atoms with Crippen LogP contribution in [0.3, 0.4) is 0 Å². The van der Waals surface area contributed by atoms with Gasteiger partial charge in [0.25, 0.3) is 0 Å². The molecule has 1 saturated heterocycles. The number of likely N-dealkylation sites (tertiary alicyclic amines) is 1. The van der Waals surface area contributed by atoms with Crippen molar-refractivity contribution in [2.75, 3.05) is 12.3 Å². The molecular formula is C24H25F3N2O6S. The Morgan fingerprint density at radius 2 is 1.47 bits per heavy atom. The first-order valence-electron chi connectivity index (χ1n) is 10.9. The van der Waals surface area contributed by atoms with E-state index < -0.39 is 57.1 Å². The summed E-state index contributed by atoms with van der Waals surface area (Å²) >= 11 is 0. The standard InChI is InChI=1S/C24H25F3N2O6S/c1-23(2)11-21(31)28(22(32)12-23)13-19(29(33)15-30)14-36(34,35)20-9-5-17(6-10-20)16-3-7-18(8-4-16)24(25,26)27/h3-10,15,19,33H,11-14H2,1-2H3. The van der Waals surface area contributed by atoms with Crippen LogP contribution in [-0.4, -0.2) is 60.2 Å². The van der Waals surface area contributed by atoms with Crippen molar-refractivity contribution < 1.29 is 41.2 Å². The Morgan fingerprint density at radius 3 is 1.92 bits per heavy atom. The van der Waals surface area contributed by atoms with Crippen LogP contribution in [0.15, 0.2) is 53.4 Å². The molecule has 0 bridgehead atoms. The number of piperidine rings is 1. The lowest BCUT2D eigenvalue weighted by molar-refractivity contribution is -0.166. The SMILES string of the molecule is CC1(C)CC(=O)N(CC(CS(=O)(=O)c2ccc(-c3ccc(C(F)(F)F)cc3)cc2)N(O)C=O)C(=O)C1. The number of amides is 3. The number of carbonyl (C=O) groups excluding carboxylic acids is 3. The summed E-state index contributed by atoms with van der Waals surface area (Å²) in [5.74, 6) is -1.83. The highest BCUT2D eigenvalue weighted by atomic mass is 32.2. The predicted molar refractivity (Wildman–Crippen MR) is 122 cm³/mol. The Morgan fingerprint density at radius 1 is 1.00 bits per heavy atom. The topological polar surface area (TPSA) is 112 Å². The number of nitrogens with zero attached hydrogens (tertiary/aromatic N) is 2. The number of carbonyl (C=O) groups is 3. The van der Waals surface area contributed by atoms with Gasteiger partial charge in [0.05, 0.1) is 28.8 Å². The van der Waals surface area contributed by atoms with Gasteiger partial charge < -0.3 is 0 Å². The van der Waals surface area contributed by atoms with Crippen molar-refractivity contribution in [3.63, 3.8) is 0 Å². The molecule has 1 heterocycles. The molecule has 194 valence electrons. The third-order valence-electron chi connectivity index (χ3n) is 5.91. The van der Waals surface area contributed by atoms with E-state index in [0.29, 0.717) is 11.1 Å². The van der Waals surface area contributed by atoms with Gasteiger partial charge in [-0.05, 0) is 40.8 Å². The smallest absolute Gasteiger partial charge is 0.286 e. The van der Waals surface area contributed by atoms with E-state index in [9.17, 15) is 41.2 Å². The summed E-state index contributed by atoms with van der Waals surface area (Å²) in [4.78, 5) is 36.8. The second-order valence-electron chi connectivity index (χ2n) is 9.44. The zero-order valence-electron chi connectivity index (χ0n) is 19.5. The molecule has 8 nitrogen and oxygen atoms in total. The fraction of sp³-hybridized carbons (Fsp3) is 0.375. The molecule has 2 aromatic carbocycles. The molecule has 1 atom stereocenters. The largest absolute Gasteiger partial charge is 0.416 e. The van der Waals surface area contributed by atoms with Crippen LogP contribution in [0.25, 0.3) is 11.1 Å². The van der Waals surface area contributed by atoms with Crippen LogP contribution in [-0.2, 0) is 30.4 Å². The van der Waals surface area contributed by atoms with Crippen LogP contribution in [0.4, 0.5) is 13.2 Å². The van der Waals surface area contributed by atoms with Gasteiger partial charge in [0.1, 0.15) is 0 Å². The Kier molecular flexibility index (Phi) is 7.61. The number of alkyl halides is 3. The van der Waals surface area contributed by atoms with Gasteiger partial charge in [-0.3, -0.25) is 24.5 Å². The molecule has 0 saturated carbocycles. The average molecular weight is 527 g/mol. The predicted octanol–water partition coefficient (Wildman–Crippen LogP) is 3.54. The van der Waals surface area contributed by atoms with E-state index >= 15 is 0 Å². The van der Waals surface area contributed by atoms with Crippen molar-refractivity contribution in [2.24, 2.45) is 5.41 Å². The molecule has 36 heavy (non-hydrogen) atoms. The van der Waals surface area contributed by atoms with E-state index in [0.717, 1.165) is 17.0 Å². The summed E-state index contributed by atoms with van der Waals surface area (Å²) in [6, 6.07) is 8.31. The van der Waals surface area contributed by atoms with Crippen LogP contribution in [0, 0.1) is 5.41 Å². The molecular weight excluding hydrogens is 501 g/mol. The minimum atomic E-state index is -4.48. The van der Waals surface area contributed by atoms with Gasteiger partial charge in [-0.25, -0.2) is 13.5 Å². The van der Waals surface area contributed by atoms with E-state index in [1.54, 1.807) is 13.8 Å². The molecule has 1 N–H and O–H groups in total. The molecule has 0 radical (unpaired) electrons. The number of halogens is 3. The average Bonchev–Trinajstić information content (AvgIpc) is 2.79. The Balaban J connectivity index is 1.79. The van der Waals surface area contributed by atoms with Crippen LogP contribution in [0.1, 0.15) is 32.3 Å². The third kappa shape index (κ3) is 6.30. The first kappa shape index (κ1) is 27.3. The molecule has 12 heteroatoms. The highest BCUT2D eigenvalue weighted by molar-refractivity contribution is 7.91. The van der Waals surface area contributed by atoms with Crippen LogP contribution in [0.2, 0.25) is 0 Å². The van der Waals surface area contributed by atoms with Gasteiger partial charge in [0.2, 0.25) is 18.2 Å². The van der Waals surface area contributed by atoms with Gasteiger partial charge in [-0.2, -0.15) is 13.2 Å². The Bertz CT molecular complexity index is 1220. The van der Waals surface area contributed by atoms with Gasteiger partial charge in [-0.1, -0.05) is 38.1 Å². The molecule has 1 unspecified atom stereocenters. The van der Waals surface area contributed by atoms with Gasteiger partial charge in [-0.15, -0.1) is 0 Å². The number of imide groups is 1. The number of hydrogen-bond acceptors (Lipinski definition) is 6. The van der Waals surface area contributed by atoms with Crippen molar-refractivity contribution in [2.45, 2.75) is 43.8 Å². The lowest BCUT2D eigenvalue weighted by Crippen LogP contribution is -2.53. The highest BCUT2D eigenvalue weighted by Gasteiger charge is 2.40. The summed E-state index contributed by atoms with van der Waals surface area (Å²) in [7, 11) is -4.11. The van der Waals surface area contributed by atoms with E-state index in [4.69, 9.17) is 0 Å². The van der Waals surface area contributed by atoms with Crippen molar-refractivity contribution in [1.82, 2.24) is 9.96 Å². The fourth-order valence-electron chi connectivity index (χ4n) is 3.98. The maximum atomic E-state index is 13.0. The molecule has 1 fully saturated rings. The van der Waals surface area contributed by atoms with Gasteiger partial charge in [0, 0.05) is 12.8 Å². The quantitative estimate of drug-likeness (QED) is 0.244. The van der Waals surface area contributed by atoms with Crippen LogP contribution < -0.4 is 0 Å². The number of hydrogen-bond donors (Lipinski definition) is 1. The van der Waals surface area contributed by atoms with Gasteiger partial charge in [0.15, 0.2) is 9.84 Å². The van der Waals surface area contributed by atoms with Crippen molar-refractivity contribution >= 4 is 28.1 Å². The second-order valence-corrected chi connectivity index (χ2v) is 11.5. The molecule has 0 aromatic heterocycles. The Hall–Kier alpha value is -3.25. The van der Waals surface area contributed by atoms with Crippen molar-refractivity contribution in [3.05, 3.63) is 54.1 Å². The number of benzene rings is 2. The van der Waals surface area contributed by atoms with Crippen LogP contribution in [0.5, 0.6) is 0 Å².